The van der Waals surface area contributed by atoms with Crippen molar-refractivity contribution in [1.29, 1.82) is 0 Å². The molecule has 2 aliphatic carbocycles. The van der Waals surface area contributed by atoms with E-state index in [2.05, 4.69) is 0 Å². The number of allylic oxidation sites excluding steroid dienone is 2. The third-order valence-corrected chi connectivity index (χ3v) is 4.84. The number of carbonyl (C=O) groups excluding carboxylic acids is 4. The van der Waals surface area contributed by atoms with Crippen molar-refractivity contribution in [3.05, 3.63) is 58.7 Å². The maximum atomic E-state index is 12.4. The molecule has 0 saturated heterocycles. The second kappa shape index (κ2) is 6.42. The first-order valence-electron chi connectivity index (χ1n) is 8.43. The van der Waals surface area contributed by atoms with Crippen LogP contribution in [0.5, 0.6) is 11.5 Å². The fraction of sp³-hybridized carbons (Fsp3) is 0.0909. The quantitative estimate of drug-likeness (QED) is 0.768. The van der Waals surface area contributed by atoms with Crippen LogP contribution >= 0.6 is 0 Å². The molecule has 2 aromatic rings. The Bertz CT molecular complexity index is 1060. The van der Waals surface area contributed by atoms with E-state index in [4.69, 9.17) is 9.47 Å². The van der Waals surface area contributed by atoms with Crippen molar-refractivity contribution in [3.63, 3.8) is 0 Å². The van der Waals surface area contributed by atoms with Gasteiger partial charge in [0.2, 0.25) is 23.1 Å². The summed E-state index contributed by atoms with van der Waals surface area (Å²) >= 11 is 0. The minimum atomic E-state index is -0.619. The van der Waals surface area contributed by atoms with Crippen LogP contribution in [-0.2, 0) is 9.59 Å². The molecule has 0 saturated carbocycles. The maximum absolute atomic E-state index is 12.4. The van der Waals surface area contributed by atoms with Crippen LogP contribution < -0.4 is 9.47 Å². The zero-order chi connectivity index (χ0) is 20.0. The minimum Gasteiger partial charge on any atom is -0.496 e. The lowest BCUT2D eigenvalue weighted by Crippen LogP contribution is -2.19. The first-order valence-corrected chi connectivity index (χ1v) is 8.43. The van der Waals surface area contributed by atoms with Crippen LogP contribution in [0, 0.1) is 0 Å². The number of benzene rings is 2. The van der Waals surface area contributed by atoms with Crippen LogP contribution in [0.4, 0.5) is 0 Å². The van der Waals surface area contributed by atoms with Crippen molar-refractivity contribution >= 4 is 35.3 Å². The van der Waals surface area contributed by atoms with Gasteiger partial charge < -0.3 is 9.47 Å². The summed E-state index contributed by atoms with van der Waals surface area (Å²) in [5.74, 6) is -1.57. The predicted octanol–water partition coefficient (Wildman–Crippen LogP) is 2.93. The van der Waals surface area contributed by atoms with Gasteiger partial charge in [0, 0.05) is 22.3 Å². The summed E-state index contributed by atoms with van der Waals surface area (Å²) in [5.41, 5.74) is 2.49. The summed E-state index contributed by atoms with van der Waals surface area (Å²) in [6, 6.07) is 6.26. The SMILES string of the molecule is COc1ccc2c(c1-c1c(OC)ccc3c1C=CC(=O)C3=O)C=CC(=O)C2=O. The van der Waals surface area contributed by atoms with Gasteiger partial charge >= 0.3 is 0 Å². The van der Waals surface area contributed by atoms with E-state index in [0.29, 0.717) is 33.8 Å². The van der Waals surface area contributed by atoms with Gasteiger partial charge in [0.15, 0.2) is 0 Å². The molecule has 0 unspecified atom stereocenters. The lowest BCUT2D eigenvalue weighted by molar-refractivity contribution is -0.111. The summed E-state index contributed by atoms with van der Waals surface area (Å²) in [6.45, 7) is 0. The normalized spacial score (nSPS) is 14.8. The lowest BCUT2D eigenvalue weighted by Gasteiger charge is -2.22. The van der Waals surface area contributed by atoms with E-state index in [0.717, 1.165) is 0 Å². The van der Waals surface area contributed by atoms with Crippen LogP contribution in [0.15, 0.2) is 36.4 Å². The topological polar surface area (TPSA) is 86.7 Å². The summed E-state index contributed by atoms with van der Waals surface area (Å²) in [7, 11) is 2.97. The predicted molar refractivity (Wildman–Crippen MR) is 102 cm³/mol. The number of hydrogen-bond donors (Lipinski definition) is 0. The Balaban J connectivity index is 2.13. The number of fused-ring (bicyclic) bond motifs is 2. The number of hydrogen-bond acceptors (Lipinski definition) is 6. The summed E-state index contributed by atoms with van der Waals surface area (Å²) in [6.07, 6.45) is 5.52. The Hall–Kier alpha value is -3.80. The first-order chi connectivity index (χ1) is 13.5. The van der Waals surface area contributed by atoms with Crippen LogP contribution in [0.3, 0.4) is 0 Å². The number of ketones is 4. The Morgan fingerprint density at radius 3 is 1.32 bits per heavy atom. The molecule has 2 aromatic carbocycles. The molecule has 6 heteroatoms. The van der Waals surface area contributed by atoms with Gasteiger partial charge in [0.1, 0.15) is 11.5 Å². The highest BCUT2D eigenvalue weighted by molar-refractivity contribution is 6.51. The van der Waals surface area contributed by atoms with Crippen molar-refractivity contribution in [1.82, 2.24) is 0 Å². The van der Waals surface area contributed by atoms with Crippen molar-refractivity contribution in [2.45, 2.75) is 0 Å². The van der Waals surface area contributed by atoms with Crippen molar-refractivity contribution in [2.24, 2.45) is 0 Å². The Morgan fingerprint density at radius 2 is 0.964 bits per heavy atom. The molecule has 0 aromatic heterocycles. The highest BCUT2D eigenvalue weighted by atomic mass is 16.5. The van der Waals surface area contributed by atoms with E-state index in [1.54, 1.807) is 24.3 Å². The van der Waals surface area contributed by atoms with Gasteiger partial charge in [-0.3, -0.25) is 19.2 Å². The van der Waals surface area contributed by atoms with Crippen molar-refractivity contribution < 1.29 is 28.7 Å². The second-order valence-electron chi connectivity index (χ2n) is 6.26. The van der Waals surface area contributed by atoms with E-state index in [1.165, 1.54) is 38.5 Å². The molecular formula is C22H14O6. The third-order valence-electron chi connectivity index (χ3n) is 4.84. The molecule has 2 aliphatic rings. The molecule has 138 valence electrons. The van der Waals surface area contributed by atoms with E-state index < -0.39 is 23.1 Å². The molecular weight excluding hydrogens is 360 g/mol. The number of ether oxygens (including phenoxy) is 2. The first kappa shape index (κ1) is 17.6. The molecule has 4 rings (SSSR count). The molecule has 0 heterocycles. The van der Waals surface area contributed by atoms with E-state index >= 15 is 0 Å². The zero-order valence-electron chi connectivity index (χ0n) is 15.1. The van der Waals surface area contributed by atoms with Gasteiger partial charge in [-0.15, -0.1) is 0 Å². The minimum absolute atomic E-state index is 0.241. The molecule has 0 bridgehead atoms. The van der Waals surface area contributed by atoms with Crippen molar-refractivity contribution in [3.8, 4) is 22.6 Å². The van der Waals surface area contributed by atoms with Crippen molar-refractivity contribution in [2.75, 3.05) is 14.2 Å². The molecule has 0 radical (unpaired) electrons. The fourth-order valence-corrected chi connectivity index (χ4v) is 3.53. The Labute approximate surface area is 160 Å². The fourth-order valence-electron chi connectivity index (χ4n) is 3.53. The Morgan fingerprint density at radius 1 is 0.571 bits per heavy atom. The average molecular weight is 374 g/mol. The van der Waals surface area contributed by atoms with E-state index in [9.17, 15) is 19.2 Å². The van der Waals surface area contributed by atoms with E-state index in [-0.39, 0.29) is 11.1 Å². The van der Waals surface area contributed by atoms with Gasteiger partial charge in [-0.25, -0.2) is 0 Å². The average Bonchev–Trinajstić information content (AvgIpc) is 2.71. The molecule has 0 spiro atoms. The molecule has 28 heavy (non-hydrogen) atoms. The third kappa shape index (κ3) is 2.42. The van der Waals surface area contributed by atoms with Gasteiger partial charge in [0.05, 0.1) is 14.2 Å². The zero-order valence-corrected chi connectivity index (χ0v) is 15.1. The number of carbonyl (C=O) groups is 4. The molecule has 0 amide bonds. The van der Waals surface area contributed by atoms with Gasteiger partial charge in [-0.05, 0) is 59.7 Å². The van der Waals surface area contributed by atoms with Gasteiger partial charge in [-0.2, -0.15) is 0 Å². The summed E-state index contributed by atoms with van der Waals surface area (Å²) in [5, 5.41) is 0. The molecule has 0 aliphatic heterocycles. The number of methoxy groups -OCH3 is 2. The summed E-state index contributed by atoms with van der Waals surface area (Å²) in [4.78, 5) is 48.3. The molecule has 0 N–H and O–H groups in total. The lowest BCUT2D eigenvalue weighted by atomic mass is 9.83. The van der Waals surface area contributed by atoms with Gasteiger partial charge in [-0.1, -0.05) is 0 Å². The molecule has 0 atom stereocenters. The number of Topliss-reactive ketones (excluding diaryl/α,β-unsaturated/α-hetero) is 2. The number of rotatable bonds is 3. The largest absolute Gasteiger partial charge is 0.496 e. The molecule has 6 nitrogen and oxygen atoms in total. The monoisotopic (exact) mass is 374 g/mol. The van der Waals surface area contributed by atoms with Crippen LogP contribution in [0.1, 0.15) is 31.8 Å². The standard InChI is InChI=1S/C22H14O6/c1-27-17-9-5-13-11(3-7-15(23)21(13)25)19(17)20-12-4-8-16(24)22(26)14(12)6-10-18(20)28-2/h3-10H,1-2H3. The van der Waals surface area contributed by atoms with Crippen LogP contribution in [0.25, 0.3) is 23.3 Å². The second-order valence-corrected chi connectivity index (χ2v) is 6.26. The highest BCUT2D eigenvalue weighted by Crippen LogP contribution is 2.45. The highest BCUT2D eigenvalue weighted by Gasteiger charge is 2.31. The van der Waals surface area contributed by atoms with Crippen LogP contribution in [-0.4, -0.2) is 37.4 Å². The van der Waals surface area contributed by atoms with E-state index in [1.807, 2.05) is 0 Å². The summed E-state index contributed by atoms with van der Waals surface area (Å²) < 4.78 is 11.0. The van der Waals surface area contributed by atoms with Gasteiger partial charge in [0.25, 0.3) is 0 Å². The molecule has 0 fully saturated rings. The Kier molecular flexibility index (Phi) is 4.04. The van der Waals surface area contributed by atoms with Crippen LogP contribution in [0.2, 0.25) is 0 Å². The maximum Gasteiger partial charge on any atom is 0.233 e. The smallest absolute Gasteiger partial charge is 0.233 e.